The van der Waals surface area contributed by atoms with Crippen molar-refractivity contribution in [1.29, 1.82) is 0 Å². The predicted molar refractivity (Wildman–Crippen MR) is 90.0 cm³/mol. The minimum absolute atomic E-state index is 0.527. The molecule has 108 valence electrons. The molecule has 3 rings (SSSR count). The number of rotatable bonds is 4. The van der Waals surface area contributed by atoms with Gasteiger partial charge in [-0.25, -0.2) is 0 Å². The van der Waals surface area contributed by atoms with E-state index >= 15 is 0 Å². The third-order valence-corrected chi connectivity index (χ3v) is 4.20. The zero-order chi connectivity index (χ0) is 14.3. The van der Waals surface area contributed by atoms with Crippen molar-refractivity contribution in [2.24, 2.45) is 0 Å². The molecule has 0 heterocycles. The van der Waals surface area contributed by atoms with Crippen LogP contribution >= 0.6 is 0 Å². The van der Waals surface area contributed by atoms with Crippen LogP contribution in [-0.4, -0.2) is 6.04 Å². The molecule has 1 nitrogen and oxygen atoms in total. The van der Waals surface area contributed by atoms with Gasteiger partial charge in [-0.3, -0.25) is 0 Å². The Morgan fingerprint density at radius 3 is 2.38 bits per heavy atom. The Morgan fingerprint density at radius 1 is 0.905 bits per heavy atom. The lowest BCUT2D eigenvalue weighted by molar-refractivity contribution is 0.456. The number of benzene rings is 2. The molecule has 1 unspecified atom stereocenters. The number of nitrogens with one attached hydrogen (secondary N) is 1. The molecule has 0 bridgehead atoms. The van der Waals surface area contributed by atoms with Gasteiger partial charge in [-0.1, -0.05) is 78.7 Å². The van der Waals surface area contributed by atoms with E-state index in [1.54, 1.807) is 5.57 Å². The van der Waals surface area contributed by atoms with E-state index in [0.29, 0.717) is 6.04 Å². The molecule has 2 aromatic rings. The van der Waals surface area contributed by atoms with Crippen LogP contribution in [0, 0.1) is 0 Å². The minimum atomic E-state index is 0.527. The predicted octanol–water partition coefficient (Wildman–Crippen LogP) is 4.80. The molecule has 0 spiro atoms. The van der Waals surface area contributed by atoms with Gasteiger partial charge in [-0.15, -0.1) is 0 Å². The molecule has 0 radical (unpaired) electrons. The molecule has 1 atom stereocenters. The Hall–Kier alpha value is -1.86. The summed E-state index contributed by atoms with van der Waals surface area (Å²) < 4.78 is 0. The zero-order valence-electron chi connectivity index (χ0n) is 12.5. The van der Waals surface area contributed by atoms with E-state index in [9.17, 15) is 0 Å². The van der Waals surface area contributed by atoms with Gasteiger partial charge in [0, 0.05) is 12.6 Å². The maximum atomic E-state index is 3.74. The Kier molecular flexibility index (Phi) is 4.86. The Balaban J connectivity index is 1.68. The largest absolute Gasteiger partial charge is 0.306 e. The lowest BCUT2D eigenvalue weighted by atomic mass is 9.88. The fourth-order valence-corrected chi connectivity index (χ4v) is 3.04. The van der Waals surface area contributed by atoms with Gasteiger partial charge in [-0.05, 0) is 30.4 Å². The molecular formula is C20H23N. The number of hydrogen-bond acceptors (Lipinski definition) is 1. The minimum Gasteiger partial charge on any atom is -0.306 e. The second-order valence-electron chi connectivity index (χ2n) is 5.79. The summed E-state index contributed by atoms with van der Waals surface area (Å²) in [5, 5.41) is 3.74. The van der Waals surface area contributed by atoms with Crippen LogP contribution in [0.2, 0.25) is 0 Å². The summed E-state index contributed by atoms with van der Waals surface area (Å²) in [5.41, 5.74) is 4.24. The second-order valence-corrected chi connectivity index (χ2v) is 5.79. The van der Waals surface area contributed by atoms with E-state index in [1.165, 1.54) is 36.8 Å². The van der Waals surface area contributed by atoms with Gasteiger partial charge in [0.15, 0.2) is 0 Å². The van der Waals surface area contributed by atoms with Crippen molar-refractivity contribution < 1.29 is 0 Å². The van der Waals surface area contributed by atoms with Crippen LogP contribution < -0.4 is 5.32 Å². The third kappa shape index (κ3) is 4.05. The van der Waals surface area contributed by atoms with Crippen molar-refractivity contribution in [2.45, 2.75) is 38.3 Å². The molecule has 2 aromatic carbocycles. The highest BCUT2D eigenvalue weighted by Gasteiger charge is 2.18. The highest BCUT2D eigenvalue weighted by molar-refractivity contribution is 5.54. The van der Waals surface area contributed by atoms with Crippen molar-refractivity contribution in [3.8, 4) is 0 Å². The van der Waals surface area contributed by atoms with E-state index in [-0.39, 0.29) is 0 Å². The van der Waals surface area contributed by atoms with Crippen LogP contribution in [0.1, 0.15) is 36.8 Å². The average Bonchev–Trinajstić information content (AvgIpc) is 2.56. The molecule has 1 aliphatic carbocycles. The monoisotopic (exact) mass is 277 g/mol. The van der Waals surface area contributed by atoms with Crippen LogP contribution in [0.3, 0.4) is 0 Å². The van der Waals surface area contributed by atoms with Crippen LogP contribution in [0.15, 0.2) is 66.2 Å². The molecular weight excluding hydrogens is 254 g/mol. The van der Waals surface area contributed by atoms with E-state index in [4.69, 9.17) is 0 Å². The molecule has 1 N–H and O–H groups in total. The van der Waals surface area contributed by atoms with E-state index in [2.05, 4.69) is 72.1 Å². The SMILES string of the molecule is C(=C1CCCCC1NCc1ccccc1)c1ccccc1. The van der Waals surface area contributed by atoms with Gasteiger partial charge >= 0.3 is 0 Å². The van der Waals surface area contributed by atoms with Gasteiger partial charge in [0.1, 0.15) is 0 Å². The zero-order valence-corrected chi connectivity index (χ0v) is 12.5. The Morgan fingerprint density at radius 2 is 1.62 bits per heavy atom. The maximum absolute atomic E-state index is 3.74. The topological polar surface area (TPSA) is 12.0 Å². The summed E-state index contributed by atoms with van der Waals surface area (Å²) in [6.07, 6.45) is 7.51. The van der Waals surface area contributed by atoms with Crippen molar-refractivity contribution in [2.75, 3.05) is 0 Å². The van der Waals surface area contributed by atoms with Crippen molar-refractivity contribution in [3.05, 3.63) is 77.4 Å². The van der Waals surface area contributed by atoms with Crippen molar-refractivity contribution >= 4 is 6.08 Å². The van der Waals surface area contributed by atoms with Crippen molar-refractivity contribution in [3.63, 3.8) is 0 Å². The first-order valence-electron chi connectivity index (χ1n) is 7.94. The van der Waals surface area contributed by atoms with Crippen LogP contribution in [0.4, 0.5) is 0 Å². The Bertz CT molecular complexity index is 571. The molecule has 0 aliphatic heterocycles. The fraction of sp³-hybridized carbons (Fsp3) is 0.300. The highest BCUT2D eigenvalue weighted by Crippen LogP contribution is 2.26. The van der Waals surface area contributed by atoms with Crippen molar-refractivity contribution in [1.82, 2.24) is 5.32 Å². The highest BCUT2D eigenvalue weighted by atomic mass is 14.9. The van der Waals surface area contributed by atoms with E-state index in [1.807, 2.05) is 0 Å². The first kappa shape index (κ1) is 14.1. The first-order chi connectivity index (χ1) is 10.4. The van der Waals surface area contributed by atoms with Crippen LogP contribution in [0.5, 0.6) is 0 Å². The number of hydrogen-bond donors (Lipinski definition) is 1. The molecule has 0 amide bonds. The standard InChI is InChI=1S/C20H23N/c1-3-9-17(10-4-1)15-19-13-7-8-14-20(19)21-16-18-11-5-2-6-12-18/h1-6,9-12,15,20-21H,7-8,13-14,16H2. The summed E-state index contributed by atoms with van der Waals surface area (Å²) in [5.74, 6) is 0. The normalized spacial score (nSPS) is 20.6. The summed E-state index contributed by atoms with van der Waals surface area (Å²) in [4.78, 5) is 0. The summed E-state index contributed by atoms with van der Waals surface area (Å²) in [7, 11) is 0. The second kappa shape index (κ2) is 7.24. The third-order valence-electron chi connectivity index (χ3n) is 4.20. The molecule has 0 saturated heterocycles. The smallest absolute Gasteiger partial charge is 0.0285 e. The maximum Gasteiger partial charge on any atom is 0.0285 e. The van der Waals surface area contributed by atoms with Gasteiger partial charge in [0.05, 0.1) is 0 Å². The fourth-order valence-electron chi connectivity index (χ4n) is 3.04. The molecule has 0 aromatic heterocycles. The quantitative estimate of drug-likeness (QED) is 0.846. The van der Waals surface area contributed by atoms with Gasteiger partial charge < -0.3 is 5.32 Å². The first-order valence-corrected chi connectivity index (χ1v) is 7.94. The molecule has 1 heteroatoms. The summed E-state index contributed by atoms with van der Waals surface area (Å²) in [6.45, 7) is 0.956. The van der Waals surface area contributed by atoms with Gasteiger partial charge in [-0.2, -0.15) is 0 Å². The summed E-state index contributed by atoms with van der Waals surface area (Å²) >= 11 is 0. The Labute approximate surface area is 127 Å². The lowest BCUT2D eigenvalue weighted by Crippen LogP contribution is -2.32. The average molecular weight is 277 g/mol. The lowest BCUT2D eigenvalue weighted by Gasteiger charge is -2.27. The van der Waals surface area contributed by atoms with E-state index in [0.717, 1.165) is 6.54 Å². The van der Waals surface area contributed by atoms with Gasteiger partial charge in [0.25, 0.3) is 0 Å². The molecule has 1 saturated carbocycles. The molecule has 21 heavy (non-hydrogen) atoms. The van der Waals surface area contributed by atoms with Gasteiger partial charge in [0.2, 0.25) is 0 Å². The molecule has 1 aliphatic rings. The summed E-state index contributed by atoms with van der Waals surface area (Å²) in [6, 6.07) is 21.9. The van der Waals surface area contributed by atoms with Crippen LogP contribution in [-0.2, 0) is 6.54 Å². The van der Waals surface area contributed by atoms with Crippen LogP contribution in [0.25, 0.3) is 6.08 Å². The van der Waals surface area contributed by atoms with E-state index < -0.39 is 0 Å². The molecule has 1 fully saturated rings.